The molecule has 0 aliphatic rings. The van der Waals surface area contributed by atoms with Gasteiger partial charge in [0, 0.05) is 18.5 Å². The molecule has 0 aliphatic heterocycles. The summed E-state index contributed by atoms with van der Waals surface area (Å²) >= 11 is 3.25. The lowest BCUT2D eigenvalue weighted by Crippen LogP contribution is -1.99. The van der Waals surface area contributed by atoms with Crippen molar-refractivity contribution in [2.75, 3.05) is 5.73 Å². The summed E-state index contributed by atoms with van der Waals surface area (Å²) in [7, 11) is 0. The van der Waals surface area contributed by atoms with E-state index in [4.69, 9.17) is 11.0 Å². The fraction of sp³-hybridized carbons (Fsp3) is 0. The smallest absolute Gasteiger partial charge is 0.160 e. The van der Waals surface area contributed by atoms with Gasteiger partial charge in [-0.1, -0.05) is 0 Å². The maximum atomic E-state index is 8.73. The second-order valence-electron chi connectivity index (χ2n) is 2.82. The van der Waals surface area contributed by atoms with E-state index in [1.54, 1.807) is 24.5 Å². The molecule has 0 bridgehead atoms. The van der Waals surface area contributed by atoms with Crippen LogP contribution >= 0.6 is 15.9 Å². The minimum Gasteiger partial charge on any atom is -0.381 e. The number of anilines is 1. The fourth-order valence-corrected chi connectivity index (χ4v) is 1.37. The van der Waals surface area contributed by atoms with Crippen LogP contribution in [0.2, 0.25) is 0 Å². The Labute approximate surface area is 94.3 Å². The molecule has 2 heterocycles. The Balaban J connectivity index is 2.50. The number of nitrogens with zero attached hydrogens (tertiary/aromatic N) is 4. The second-order valence-corrected chi connectivity index (χ2v) is 3.68. The minimum absolute atomic E-state index is 0.388. The highest BCUT2D eigenvalue weighted by Gasteiger charge is 2.05. The molecule has 74 valence electrons. The molecule has 5 nitrogen and oxygen atoms in total. The molecular weight excluding hydrogens is 258 g/mol. The largest absolute Gasteiger partial charge is 0.381 e. The zero-order valence-electron chi connectivity index (χ0n) is 7.55. The summed E-state index contributed by atoms with van der Waals surface area (Å²) in [5, 5.41) is 12.8. The number of halogens is 1. The normalized spacial score (nSPS) is 9.87. The van der Waals surface area contributed by atoms with E-state index >= 15 is 0 Å². The summed E-state index contributed by atoms with van der Waals surface area (Å²) in [5.41, 5.74) is 6.11. The Morgan fingerprint density at radius 3 is 2.93 bits per heavy atom. The van der Waals surface area contributed by atoms with Crippen LogP contribution in [0.1, 0.15) is 5.56 Å². The molecule has 0 saturated carbocycles. The Morgan fingerprint density at radius 1 is 1.53 bits per heavy atom. The van der Waals surface area contributed by atoms with Gasteiger partial charge in [0.2, 0.25) is 0 Å². The Morgan fingerprint density at radius 2 is 2.33 bits per heavy atom. The number of pyridine rings is 1. The summed E-state index contributed by atoms with van der Waals surface area (Å²) in [5.74, 6) is 0.950. The summed E-state index contributed by atoms with van der Waals surface area (Å²) in [4.78, 5) is 4.08. The van der Waals surface area contributed by atoms with Crippen LogP contribution in [-0.2, 0) is 0 Å². The van der Waals surface area contributed by atoms with Gasteiger partial charge in [-0.05, 0) is 22.0 Å². The molecule has 15 heavy (non-hydrogen) atoms. The molecule has 2 rings (SSSR count). The average molecular weight is 264 g/mol. The van der Waals surface area contributed by atoms with Crippen LogP contribution in [0.15, 0.2) is 29.0 Å². The average Bonchev–Trinajstić information content (AvgIpc) is 2.59. The third-order valence-electron chi connectivity index (χ3n) is 1.81. The first-order valence-corrected chi connectivity index (χ1v) is 4.87. The molecule has 6 heteroatoms. The van der Waals surface area contributed by atoms with Gasteiger partial charge in [-0.2, -0.15) is 5.26 Å². The van der Waals surface area contributed by atoms with Gasteiger partial charge in [-0.15, -0.1) is 5.10 Å². The van der Waals surface area contributed by atoms with Gasteiger partial charge in [0.1, 0.15) is 0 Å². The quantitative estimate of drug-likeness (QED) is 0.845. The van der Waals surface area contributed by atoms with Gasteiger partial charge in [-0.25, -0.2) is 9.67 Å². The SMILES string of the molecule is N#Cc1ccnc(-n2cc(Br)c(N)n2)c1. The topological polar surface area (TPSA) is 80.5 Å². The van der Waals surface area contributed by atoms with E-state index in [0.717, 1.165) is 0 Å². The van der Waals surface area contributed by atoms with Crippen molar-refractivity contribution in [3.05, 3.63) is 34.6 Å². The second kappa shape index (κ2) is 3.71. The molecule has 0 aliphatic carbocycles. The lowest BCUT2D eigenvalue weighted by atomic mass is 10.3. The van der Waals surface area contributed by atoms with E-state index < -0.39 is 0 Å². The molecule has 0 atom stereocenters. The highest BCUT2D eigenvalue weighted by Crippen LogP contribution is 2.18. The monoisotopic (exact) mass is 263 g/mol. The van der Waals surface area contributed by atoms with Gasteiger partial charge in [0.05, 0.1) is 16.1 Å². The molecule has 0 saturated heterocycles. The molecule has 2 aromatic heterocycles. The maximum absolute atomic E-state index is 8.73. The highest BCUT2D eigenvalue weighted by atomic mass is 79.9. The fourth-order valence-electron chi connectivity index (χ4n) is 1.10. The van der Waals surface area contributed by atoms with Crippen LogP contribution in [0.4, 0.5) is 5.82 Å². The van der Waals surface area contributed by atoms with Gasteiger partial charge in [0.25, 0.3) is 0 Å². The molecule has 0 amide bonds. The molecule has 0 aromatic carbocycles. The lowest BCUT2D eigenvalue weighted by molar-refractivity contribution is 0.850. The molecule has 0 fully saturated rings. The molecule has 2 aromatic rings. The van der Waals surface area contributed by atoms with Crippen molar-refractivity contribution in [3.63, 3.8) is 0 Å². The molecular formula is C9H6BrN5. The first-order chi connectivity index (χ1) is 7.20. The summed E-state index contributed by atoms with van der Waals surface area (Å²) < 4.78 is 2.21. The Kier molecular flexibility index (Phi) is 2.39. The lowest BCUT2D eigenvalue weighted by Gasteiger charge is -1.98. The summed E-state index contributed by atoms with van der Waals surface area (Å²) in [6.07, 6.45) is 3.25. The number of aromatic nitrogens is 3. The minimum atomic E-state index is 0.388. The van der Waals surface area contributed by atoms with Crippen molar-refractivity contribution in [1.29, 1.82) is 5.26 Å². The van der Waals surface area contributed by atoms with Crippen LogP contribution in [0.25, 0.3) is 5.82 Å². The predicted octanol–water partition coefficient (Wildman–Crippen LogP) is 1.48. The van der Waals surface area contributed by atoms with Crippen molar-refractivity contribution in [3.8, 4) is 11.9 Å². The van der Waals surface area contributed by atoms with E-state index in [-0.39, 0.29) is 0 Å². The molecule has 0 radical (unpaired) electrons. The first kappa shape index (κ1) is 9.68. The van der Waals surface area contributed by atoms with Crippen molar-refractivity contribution >= 4 is 21.7 Å². The zero-order valence-corrected chi connectivity index (χ0v) is 9.14. The van der Waals surface area contributed by atoms with Gasteiger partial charge in [-0.3, -0.25) is 0 Å². The first-order valence-electron chi connectivity index (χ1n) is 4.08. The number of rotatable bonds is 1. The van der Waals surface area contributed by atoms with Crippen molar-refractivity contribution < 1.29 is 0 Å². The Hall–Kier alpha value is -1.87. The molecule has 2 N–H and O–H groups in total. The van der Waals surface area contributed by atoms with Gasteiger partial charge >= 0.3 is 0 Å². The van der Waals surface area contributed by atoms with E-state index in [1.807, 2.05) is 6.07 Å². The standard InChI is InChI=1S/C9H6BrN5/c10-7-5-15(14-9(7)12)8-3-6(4-11)1-2-13-8/h1-3,5H,(H2,12,14). The molecule has 0 unspecified atom stereocenters. The molecule has 0 spiro atoms. The zero-order chi connectivity index (χ0) is 10.8. The van der Waals surface area contributed by atoms with E-state index in [2.05, 4.69) is 26.0 Å². The number of hydrogen-bond donors (Lipinski definition) is 1. The van der Waals surface area contributed by atoms with Crippen molar-refractivity contribution in [1.82, 2.24) is 14.8 Å². The Bertz CT molecular complexity index is 520. The van der Waals surface area contributed by atoms with Gasteiger partial charge in [0.15, 0.2) is 11.6 Å². The van der Waals surface area contributed by atoms with Crippen LogP contribution < -0.4 is 5.73 Å². The number of nitrogen functional groups attached to an aromatic ring is 1. The third-order valence-corrected chi connectivity index (χ3v) is 2.42. The van der Waals surface area contributed by atoms with E-state index in [9.17, 15) is 0 Å². The number of nitriles is 1. The van der Waals surface area contributed by atoms with Crippen LogP contribution in [0, 0.1) is 11.3 Å². The van der Waals surface area contributed by atoms with Crippen LogP contribution in [0.5, 0.6) is 0 Å². The van der Waals surface area contributed by atoms with Gasteiger partial charge < -0.3 is 5.73 Å². The third kappa shape index (κ3) is 1.82. The highest BCUT2D eigenvalue weighted by molar-refractivity contribution is 9.10. The van der Waals surface area contributed by atoms with Crippen molar-refractivity contribution in [2.24, 2.45) is 0 Å². The summed E-state index contributed by atoms with van der Waals surface area (Å²) in [6, 6.07) is 5.30. The van der Waals surface area contributed by atoms with Crippen LogP contribution in [0.3, 0.4) is 0 Å². The maximum Gasteiger partial charge on any atom is 0.160 e. The van der Waals surface area contributed by atoms with Crippen LogP contribution in [-0.4, -0.2) is 14.8 Å². The van der Waals surface area contributed by atoms with E-state index in [1.165, 1.54) is 4.68 Å². The number of hydrogen-bond acceptors (Lipinski definition) is 4. The predicted molar refractivity (Wildman–Crippen MR) is 58.2 cm³/mol. The van der Waals surface area contributed by atoms with Crippen molar-refractivity contribution in [2.45, 2.75) is 0 Å². The summed E-state index contributed by atoms with van der Waals surface area (Å²) in [6.45, 7) is 0. The van der Waals surface area contributed by atoms with E-state index in [0.29, 0.717) is 21.7 Å². The number of nitrogens with two attached hydrogens (primary N) is 1.